The molecule has 2 N–H and O–H groups in total. The van der Waals surface area contributed by atoms with E-state index in [1.807, 2.05) is 31.2 Å². The molecule has 0 bridgehead atoms. The van der Waals surface area contributed by atoms with E-state index in [0.29, 0.717) is 6.04 Å². The summed E-state index contributed by atoms with van der Waals surface area (Å²) >= 11 is 0. The van der Waals surface area contributed by atoms with Crippen LogP contribution in [0.2, 0.25) is 0 Å². The van der Waals surface area contributed by atoms with Crippen LogP contribution in [-0.4, -0.2) is 19.2 Å². The molecule has 0 radical (unpaired) electrons. The minimum Gasteiger partial charge on any atom is -0.496 e. The summed E-state index contributed by atoms with van der Waals surface area (Å²) in [6.45, 7) is 1.97. The molecule has 110 valence electrons. The summed E-state index contributed by atoms with van der Waals surface area (Å²) in [4.78, 5) is 12.0. The molecule has 0 heterocycles. The van der Waals surface area contributed by atoms with Crippen LogP contribution >= 0.6 is 0 Å². The molecule has 0 saturated heterocycles. The Kier molecular flexibility index (Phi) is 5.27. The van der Waals surface area contributed by atoms with Gasteiger partial charge in [0.15, 0.2) is 0 Å². The van der Waals surface area contributed by atoms with Crippen LogP contribution in [0.5, 0.6) is 5.75 Å². The van der Waals surface area contributed by atoms with Crippen LogP contribution < -0.4 is 15.4 Å². The second-order valence-corrected chi connectivity index (χ2v) is 5.42. The number of methoxy groups -OCH3 is 1. The zero-order chi connectivity index (χ0) is 14.4. The summed E-state index contributed by atoms with van der Waals surface area (Å²) in [7, 11) is 1.65. The van der Waals surface area contributed by atoms with Gasteiger partial charge in [0.2, 0.25) is 0 Å². The maximum Gasteiger partial charge on any atom is 0.315 e. The maximum absolute atomic E-state index is 12.0. The first-order valence-corrected chi connectivity index (χ1v) is 7.40. The predicted molar refractivity (Wildman–Crippen MR) is 79.9 cm³/mol. The second-order valence-electron chi connectivity index (χ2n) is 5.42. The van der Waals surface area contributed by atoms with Gasteiger partial charge in [0, 0.05) is 11.6 Å². The quantitative estimate of drug-likeness (QED) is 0.885. The number of ether oxygens (including phenoxy) is 1. The molecule has 1 aliphatic carbocycles. The van der Waals surface area contributed by atoms with E-state index in [1.165, 1.54) is 19.3 Å². The van der Waals surface area contributed by atoms with Crippen molar-refractivity contribution in [3.05, 3.63) is 29.8 Å². The van der Waals surface area contributed by atoms with E-state index < -0.39 is 0 Å². The lowest BCUT2D eigenvalue weighted by Gasteiger charge is -2.24. The van der Waals surface area contributed by atoms with Crippen molar-refractivity contribution >= 4 is 6.03 Å². The Labute approximate surface area is 120 Å². The highest BCUT2D eigenvalue weighted by atomic mass is 16.5. The maximum atomic E-state index is 12.0. The zero-order valence-corrected chi connectivity index (χ0v) is 12.3. The molecule has 0 spiro atoms. The topological polar surface area (TPSA) is 50.4 Å². The number of hydrogen-bond acceptors (Lipinski definition) is 2. The van der Waals surface area contributed by atoms with E-state index in [2.05, 4.69) is 10.6 Å². The lowest BCUT2D eigenvalue weighted by molar-refractivity contribution is 0.229. The zero-order valence-electron chi connectivity index (χ0n) is 12.3. The Morgan fingerprint density at radius 3 is 2.65 bits per heavy atom. The van der Waals surface area contributed by atoms with Gasteiger partial charge in [-0.2, -0.15) is 0 Å². The fourth-order valence-electron chi connectivity index (χ4n) is 2.77. The normalized spacial score (nSPS) is 17.3. The van der Waals surface area contributed by atoms with Crippen LogP contribution in [-0.2, 0) is 0 Å². The van der Waals surface area contributed by atoms with Gasteiger partial charge in [-0.25, -0.2) is 4.79 Å². The van der Waals surface area contributed by atoms with Gasteiger partial charge >= 0.3 is 6.03 Å². The highest BCUT2D eigenvalue weighted by Crippen LogP contribution is 2.24. The summed E-state index contributed by atoms with van der Waals surface area (Å²) in [5.41, 5.74) is 0.994. The third-order valence-corrected chi connectivity index (χ3v) is 3.89. The molecule has 4 heteroatoms. The number of carbonyl (C=O) groups is 1. The summed E-state index contributed by atoms with van der Waals surface area (Å²) in [5.74, 6) is 0.804. The molecule has 20 heavy (non-hydrogen) atoms. The molecular formula is C16H24N2O2. The van der Waals surface area contributed by atoms with Crippen LogP contribution in [0.1, 0.15) is 50.6 Å². The van der Waals surface area contributed by atoms with Crippen molar-refractivity contribution in [2.75, 3.05) is 7.11 Å². The SMILES string of the molecule is COc1ccccc1[C@H](C)NC(=O)NC1CCCCC1. The minimum absolute atomic E-state index is 0.0743. The predicted octanol–water partition coefficient (Wildman–Crippen LogP) is 3.39. The average Bonchev–Trinajstić information content (AvgIpc) is 2.48. The van der Waals surface area contributed by atoms with Gasteiger partial charge in [0.1, 0.15) is 5.75 Å². The van der Waals surface area contributed by atoms with Crippen LogP contribution in [0.15, 0.2) is 24.3 Å². The van der Waals surface area contributed by atoms with Crippen LogP contribution in [0.3, 0.4) is 0 Å². The number of nitrogens with one attached hydrogen (secondary N) is 2. The first-order valence-electron chi connectivity index (χ1n) is 7.40. The molecule has 1 fully saturated rings. The van der Waals surface area contributed by atoms with Gasteiger partial charge in [0.05, 0.1) is 13.2 Å². The number of rotatable bonds is 4. The van der Waals surface area contributed by atoms with Crippen molar-refractivity contribution in [2.45, 2.75) is 51.1 Å². The van der Waals surface area contributed by atoms with Gasteiger partial charge in [-0.3, -0.25) is 0 Å². The third kappa shape index (κ3) is 3.89. The molecule has 2 rings (SSSR count). The van der Waals surface area contributed by atoms with Crippen molar-refractivity contribution in [3.63, 3.8) is 0 Å². The van der Waals surface area contributed by atoms with Crippen LogP contribution in [0, 0.1) is 0 Å². The third-order valence-electron chi connectivity index (χ3n) is 3.89. The molecule has 1 aromatic rings. The Bertz CT molecular complexity index is 442. The molecule has 1 aromatic carbocycles. The molecule has 1 saturated carbocycles. The molecule has 0 aromatic heterocycles. The summed E-state index contributed by atoms with van der Waals surface area (Å²) in [6, 6.07) is 7.93. The van der Waals surface area contributed by atoms with E-state index in [1.54, 1.807) is 7.11 Å². The monoisotopic (exact) mass is 276 g/mol. The molecule has 2 amide bonds. The fourth-order valence-corrected chi connectivity index (χ4v) is 2.77. The van der Waals surface area contributed by atoms with Crippen molar-refractivity contribution in [1.29, 1.82) is 0 Å². The Hall–Kier alpha value is -1.71. The first kappa shape index (κ1) is 14.7. The average molecular weight is 276 g/mol. The highest BCUT2D eigenvalue weighted by molar-refractivity contribution is 5.74. The largest absolute Gasteiger partial charge is 0.496 e. The van der Waals surface area contributed by atoms with Gasteiger partial charge in [0.25, 0.3) is 0 Å². The molecule has 0 unspecified atom stereocenters. The molecule has 0 aliphatic heterocycles. The number of para-hydroxylation sites is 1. The van der Waals surface area contributed by atoms with Crippen molar-refractivity contribution in [2.24, 2.45) is 0 Å². The number of hydrogen-bond donors (Lipinski definition) is 2. The molecule has 1 atom stereocenters. The second kappa shape index (κ2) is 7.17. The smallest absolute Gasteiger partial charge is 0.315 e. The highest BCUT2D eigenvalue weighted by Gasteiger charge is 2.18. The standard InChI is InChI=1S/C16H24N2O2/c1-12(14-10-6-7-11-15(14)20-2)17-16(19)18-13-8-4-3-5-9-13/h6-7,10-13H,3-5,8-9H2,1-2H3,(H2,17,18,19)/t12-/m0/s1. The Morgan fingerprint density at radius 2 is 1.95 bits per heavy atom. The van der Waals surface area contributed by atoms with E-state index >= 15 is 0 Å². The van der Waals surface area contributed by atoms with Gasteiger partial charge < -0.3 is 15.4 Å². The van der Waals surface area contributed by atoms with E-state index in [-0.39, 0.29) is 12.1 Å². The number of benzene rings is 1. The minimum atomic E-state index is -0.0877. The fraction of sp³-hybridized carbons (Fsp3) is 0.562. The molecular weight excluding hydrogens is 252 g/mol. The van der Waals surface area contributed by atoms with Gasteiger partial charge in [-0.1, -0.05) is 37.5 Å². The Morgan fingerprint density at radius 1 is 1.25 bits per heavy atom. The first-order chi connectivity index (χ1) is 9.70. The molecule has 1 aliphatic rings. The van der Waals surface area contributed by atoms with Gasteiger partial charge in [-0.15, -0.1) is 0 Å². The summed E-state index contributed by atoms with van der Waals surface area (Å²) in [6.07, 6.45) is 5.91. The Balaban J connectivity index is 1.89. The number of amides is 2. The summed E-state index contributed by atoms with van der Waals surface area (Å²) in [5, 5.41) is 6.05. The number of carbonyl (C=O) groups excluding carboxylic acids is 1. The lowest BCUT2D eigenvalue weighted by atomic mass is 9.96. The lowest BCUT2D eigenvalue weighted by Crippen LogP contribution is -2.43. The van der Waals surface area contributed by atoms with Crippen molar-refractivity contribution in [1.82, 2.24) is 10.6 Å². The van der Waals surface area contributed by atoms with Crippen molar-refractivity contribution < 1.29 is 9.53 Å². The van der Waals surface area contributed by atoms with Crippen LogP contribution in [0.25, 0.3) is 0 Å². The van der Waals surface area contributed by atoms with E-state index in [9.17, 15) is 4.79 Å². The van der Waals surface area contributed by atoms with Crippen molar-refractivity contribution in [3.8, 4) is 5.75 Å². The number of urea groups is 1. The summed E-state index contributed by atoms with van der Waals surface area (Å²) < 4.78 is 5.33. The molecule has 4 nitrogen and oxygen atoms in total. The van der Waals surface area contributed by atoms with Crippen LogP contribution in [0.4, 0.5) is 4.79 Å². The van der Waals surface area contributed by atoms with Gasteiger partial charge in [-0.05, 0) is 25.8 Å². The van der Waals surface area contributed by atoms with E-state index in [0.717, 1.165) is 24.2 Å². The van der Waals surface area contributed by atoms with E-state index in [4.69, 9.17) is 4.74 Å².